The van der Waals surface area contributed by atoms with Gasteiger partial charge < -0.3 is 4.42 Å². The van der Waals surface area contributed by atoms with Crippen LogP contribution in [0.25, 0.3) is 54.5 Å². The monoisotopic (exact) mass is 498 g/mol. The molecule has 0 aliphatic carbocycles. The molecule has 0 radical (unpaired) electrons. The Kier molecular flexibility index (Phi) is 2.90. The van der Waals surface area contributed by atoms with E-state index in [-0.39, 0.29) is 24.3 Å². The maximum Gasteiger partial charge on any atom is 0.417 e. The standard InChI is InChI=1S/C33H22N2OS/c1-19-10-15-27-24-7-3-4-8-25(24)33(35(27)18-19)26-14-13-22-23-12-11-21-17-20(2)37-32(21)31(23)36-30(22)29(26)28-9-5-6-16-34(28)33/h3-18H,1-2H3/q+2/i5D,6D,9D,16D. The van der Waals surface area contributed by atoms with E-state index in [0.29, 0.717) is 16.8 Å². The Labute approximate surface area is 223 Å². The smallest absolute Gasteiger partial charge is 0.417 e. The van der Waals surface area contributed by atoms with E-state index in [9.17, 15) is 2.74 Å². The molecule has 1 unspecified atom stereocenters. The first-order chi connectivity index (χ1) is 19.8. The Morgan fingerprint density at radius 3 is 2.65 bits per heavy atom. The number of aryl methyl sites for hydroxylation is 2. The minimum Gasteiger partial charge on any atom is -0.454 e. The van der Waals surface area contributed by atoms with Gasteiger partial charge in [0, 0.05) is 39.4 Å². The Morgan fingerprint density at radius 2 is 1.70 bits per heavy atom. The molecular formula is C33H22N2OS+2. The molecule has 3 aromatic carbocycles. The molecule has 6 heterocycles. The van der Waals surface area contributed by atoms with Gasteiger partial charge in [0.1, 0.15) is 23.6 Å². The first-order valence-electron chi connectivity index (χ1n) is 14.4. The van der Waals surface area contributed by atoms with Crippen LogP contribution in [0.4, 0.5) is 0 Å². The van der Waals surface area contributed by atoms with Crippen molar-refractivity contribution in [1.82, 2.24) is 0 Å². The Bertz CT molecular complexity index is 2350. The molecule has 2 aliphatic heterocycles. The average molecular weight is 499 g/mol. The number of hydrogen-bond donors (Lipinski definition) is 0. The van der Waals surface area contributed by atoms with Crippen molar-refractivity contribution in [1.29, 1.82) is 0 Å². The quantitative estimate of drug-likeness (QED) is 0.202. The summed E-state index contributed by atoms with van der Waals surface area (Å²) in [6.07, 6.45) is 1.98. The topological polar surface area (TPSA) is 20.9 Å². The highest BCUT2D eigenvalue weighted by atomic mass is 32.1. The van der Waals surface area contributed by atoms with Crippen LogP contribution in [0.15, 0.2) is 102 Å². The van der Waals surface area contributed by atoms with Crippen LogP contribution < -0.4 is 9.13 Å². The SMILES string of the molecule is [2H]c1c([2H])c([2H])[n+]2c(c1[2H])-c1c(ccc3c1oc1c3ccc3cc(C)sc31)C21c2ccccc2-c2ccc(C)c[n+]21. The first-order valence-corrected chi connectivity index (χ1v) is 13.2. The van der Waals surface area contributed by atoms with Crippen molar-refractivity contribution in [2.45, 2.75) is 19.5 Å². The van der Waals surface area contributed by atoms with Gasteiger partial charge in [0.05, 0.1) is 14.4 Å². The van der Waals surface area contributed by atoms with Gasteiger partial charge in [-0.05, 0) is 67.7 Å². The molecule has 0 saturated carbocycles. The summed E-state index contributed by atoms with van der Waals surface area (Å²) in [5, 5.41) is 3.07. The summed E-state index contributed by atoms with van der Waals surface area (Å²) in [6, 6.07) is 22.3. The number of fused-ring (bicyclic) bond motifs is 16. The predicted octanol–water partition coefficient (Wildman–Crippen LogP) is 7.25. The van der Waals surface area contributed by atoms with E-state index in [4.69, 9.17) is 7.16 Å². The predicted molar refractivity (Wildman–Crippen MR) is 148 cm³/mol. The maximum absolute atomic E-state index is 9.27. The lowest BCUT2D eigenvalue weighted by Gasteiger charge is -2.17. The van der Waals surface area contributed by atoms with Crippen LogP contribution in [0.2, 0.25) is 0 Å². The van der Waals surface area contributed by atoms with Gasteiger partial charge in [-0.3, -0.25) is 0 Å². The van der Waals surface area contributed by atoms with Crippen molar-refractivity contribution < 1.29 is 19.0 Å². The minimum absolute atomic E-state index is 0.0756. The fraction of sp³-hybridized carbons (Fsp3) is 0.0909. The molecule has 0 bridgehead atoms. The molecule has 1 atom stereocenters. The van der Waals surface area contributed by atoms with Gasteiger partial charge >= 0.3 is 5.66 Å². The highest BCUT2D eigenvalue weighted by molar-refractivity contribution is 7.19. The fourth-order valence-corrected chi connectivity index (χ4v) is 7.61. The van der Waals surface area contributed by atoms with E-state index >= 15 is 0 Å². The van der Waals surface area contributed by atoms with E-state index in [1.54, 1.807) is 15.9 Å². The first kappa shape index (κ1) is 16.5. The van der Waals surface area contributed by atoms with Gasteiger partial charge in [0.15, 0.2) is 18.0 Å². The lowest BCUT2D eigenvalue weighted by Crippen LogP contribution is -2.71. The Balaban J connectivity index is 1.55. The van der Waals surface area contributed by atoms with Crippen LogP contribution in [0.5, 0.6) is 0 Å². The average Bonchev–Trinajstić information content (AvgIpc) is 3.69. The third-order valence-electron chi connectivity index (χ3n) is 8.01. The summed E-state index contributed by atoms with van der Waals surface area (Å²) in [5.74, 6) is 0. The molecule has 3 nitrogen and oxygen atoms in total. The summed E-state index contributed by atoms with van der Waals surface area (Å²) in [4.78, 5) is 1.21. The number of thiophene rings is 1. The third-order valence-corrected chi connectivity index (χ3v) is 9.08. The van der Waals surface area contributed by atoms with Crippen molar-refractivity contribution in [3.8, 4) is 22.5 Å². The Morgan fingerprint density at radius 1 is 0.838 bits per heavy atom. The zero-order valence-electron chi connectivity index (χ0n) is 24.1. The lowest BCUT2D eigenvalue weighted by atomic mass is 9.89. The van der Waals surface area contributed by atoms with Crippen LogP contribution in [0, 0.1) is 13.8 Å². The normalized spacial score (nSPS) is 18.5. The molecule has 1 spiro atoms. The van der Waals surface area contributed by atoms with Gasteiger partial charge in [0.2, 0.25) is 11.4 Å². The third kappa shape index (κ3) is 2.21. The van der Waals surface area contributed by atoms with Crippen LogP contribution in [-0.2, 0) is 5.66 Å². The van der Waals surface area contributed by atoms with E-state index in [1.165, 1.54) is 4.88 Å². The van der Waals surface area contributed by atoms with Crippen LogP contribution >= 0.6 is 11.3 Å². The van der Waals surface area contributed by atoms with Crippen LogP contribution in [0.1, 0.15) is 27.1 Å². The number of nitrogens with zero attached hydrogens (tertiary/aromatic N) is 2. The van der Waals surface area contributed by atoms with E-state index in [1.807, 2.05) is 19.1 Å². The van der Waals surface area contributed by atoms with Gasteiger partial charge in [-0.15, -0.1) is 20.5 Å². The van der Waals surface area contributed by atoms with Crippen molar-refractivity contribution in [3.63, 3.8) is 0 Å². The van der Waals surface area contributed by atoms with Crippen molar-refractivity contribution in [3.05, 3.63) is 119 Å². The second kappa shape index (κ2) is 6.53. The zero-order chi connectivity index (χ0) is 27.9. The summed E-state index contributed by atoms with van der Waals surface area (Å²) in [7, 11) is 0. The second-order valence-corrected chi connectivity index (χ2v) is 11.3. The van der Waals surface area contributed by atoms with Gasteiger partial charge in [-0.2, -0.15) is 0 Å². The molecule has 7 aromatic rings. The molecule has 37 heavy (non-hydrogen) atoms. The number of benzene rings is 3. The molecule has 174 valence electrons. The molecule has 2 aliphatic rings. The van der Waals surface area contributed by atoms with Crippen molar-refractivity contribution in [2.24, 2.45) is 0 Å². The molecule has 0 amide bonds. The summed E-state index contributed by atoms with van der Waals surface area (Å²) >= 11 is 1.70. The highest BCUT2D eigenvalue weighted by Crippen LogP contribution is 2.50. The van der Waals surface area contributed by atoms with Crippen LogP contribution in [-0.4, -0.2) is 0 Å². The molecule has 0 fully saturated rings. The maximum atomic E-state index is 9.27. The summed E-state index contributed by atoms with van der Waals surface area (Å²) < 4.78 is 47.7. The lowest BCUT2D eigenvalue weighted by molar-refractivity contribution is -0.955. The molecule has 0 N–H and O–H groups in total. The highest BCUT2D eigenvalue weighted by Gasteiger charge is 2.67. The van der Waals surface area contributed by atoms with E-state index in [2.05, 4.69) is 72.3 Å². The molecule has 0 saturated heterocycles. The Hall–Kier alpha value is -4.28. The van der Waals surface area contributed by atoms with E-state index < -0.39 is 5.66 Å². The summed E-state index contributed by atoms with van der Waals surface area (Å²) in [6.45, 7) is 4.14. The van der Waals surface area contributed by atoms with Crippen LogP contribution in [0.3, 0.4) is 0 Å². The summed E-state index contributed by atoms with van der Waals surface area (Å²) in [5.41, 5.74) is 6.47. The molecule has 4 heteroatoms. The number of pyridine rings is 2. The van der Waals surface area contributed by atoms with Gasteiger partial charge in [-0.1, -0.05) is 18.2 Å². The molecule has 9 rings (SSSR count). The van der Waals surface area contributed by atoms with Crippen molar-refractivity contribution in [2.75, 3.05) is 0 Å². The minimum atomic E-state index is -1.05. The zero-order valence-corrected chi connectivity index (χ0v) is 21.0. The number of aromatic nitrogens is 2. The van der Waals surface area contributed by atoms with Gasteiger partial charge in [-0.25, -0.2) is 0 Å². The van der Waals surface area contributed by atoms with E-state index in [0.717, 1.165) is 54.4 Å². The molecular weight excluding hydrogens is 472 g/mol. The second-order valence-electron chi connectivity index (χ2n) is 10.0. The number of rotatable bonds is 0. The largest absolute Gasteiger partial charge is 0.454 e. The fourth-order valence-electron chi connectivity index (χ4n) is 6.61. The van der Waals surface area contributed by atoms with Gasteiger partial charge in [0.25, 0.3) is 0 Å². The molecule has 4 aromatic heterocycles. The number of hydrogen-bond acceptors (Lipinski definition) is 2. The van der Waals surface area contributed by atoms with Crippen molar-refractivity contribution >= 4 is 43.4 Å². The number of furan rings is 1.